The molecule has 1 fully saturated rings. The maximum absolute atomic E-state index is 9.00. The van der Waals surface area contributed by atoms with Crippen molar-refractivity contribution in [1.82, 2.24) is 19.7 Å². The van der Waals surface area contributed by atoms with Gasteiger partial charge in [-0.25, -0.2) is 9.97 Å². The van der Waals surface area contributed by atoms with Crippen LogP contribution in [0.2, 0.25) is 0 Å². The third kappa shape index (κ3) is 3.04. The van der Waals surface area contributed by atoms with Gasteiger partial charge in [0.2, 0.25) is 0 Å². The van der Waals surface area contributed by atoms with E-state index in [4.69, 9.17) is 10.00 Å². The van der Waals surface area contributed by atoms with Gasteiger partial charge in [-0.2, -0.15) is 15.0 Å². The fourth-order valence-corrected chi connectivity index (χ4v) is 3.00. The molecular weight excluding hydrogens is 316 g/mol. The van der Waals surface area contributed by atoms with Crippen molar-refractivity contribution in [3.05, 3.63) is 41.9 Å². The molecule has 25 heavy (non-hydrogen) atoms. The lowest BCUT2D eigenvalue weighted by Crippen LogP contribution is -2.28. The van der Waals surface area contributed by atoms with Crippen LogP contribution in [0.15, 0.2) is 30.7 Å². The Hall–Kier alpha value is -2.98. The zero-order chi connectivity index (χ0) is 17.2. The highest BCUT2D eigenvalue weighted by Gasteiger charge is 2.16. The van der Waals surface area contributed by atoms with Crippen molar-refractivity contribution in [1.29, 1.82) is 5.26 Å². The van der Waals surface area contributed by atoms with Gasteiger partial charge in [-0.3, -0.25) is 0 Å². The standard InChI is InChI=1S/C18H18N6O/c1-12-9-20-17(7-16(12)23-15-2-4-25-5-3-15)24-18-14(11-22-24)6-13(8-19)10-21-18/h6-7,9-11,15H,2-5H2,1H3,(H,20,23). The minimum absolute atomic E-state index is 0.411. The molecule has 1 aliphatic heterocycles. The van der Waals surface area contributed by atoms with Crippen LogP contribution >= 0.6 is 0 Å². The van der Waals surface area contributed by atoms with Gasteiger partial charge >= 0.3 is 0 Å². The molecule has 3 aromatic rings. The summed E-state index contributed by atoms with van der Waals surface area (Å²) in [6, 6.07) is 6.28. The second-order valence-corrected chi connectivity index (χ2v) is 6.19. The molecule has 7 heteroatoms. The summed E-state index contributed by atoms with van der Waals surface area (Å²) in [5.41, 5.74) is 3.35. The molecule has 0 aromatic carbocycles. The number of ether oxygens (including phenoxy) is 1. The van der Waals surface area contributed by atoms with Crippen LogP contribution in [0.4, 0.5) is 5.69 Å². The molecular formula is C18H18N6O. The largest absolute Gasteiger partial charge is 0.382 e. The van der Waals surface area contributed by atoms with Gasteiger partial charge in [-0.1, -0.05) is 0 Å². The van der Waals surface area contributed by atoms with E-state index in [1.807, 2.05) is 19.2 Å². The molecule has 3 aromatic heterocycles. The van der Waals surface area contributed by atoms with Crippen LogP contribution in [0.5, 0.6) is 0 Å². The molecule has 7 nitrogen and oxygen atoms in total. The van der Waals surface area contributed by atoms with Crippen molar-refractivity contribution >= 4 is 16.7 Å². The van der Waals surface area contributed by atoms with Crippen LogP contribution in [0.1, 0.15) is 24.0 Å². The number of aryl methyl sites for hydroxylation is 1. The van der Waals surface area contributed by atoms with Crippen molar-refractivity contribution in [2.24, 2.45) is 0 Å². The van der Waals surface area contributed by atoms with Crippen LogP contribution in [-0.2, 0) is 4.74 Å². The summed E-state index contributed by atoms with van der Waals surface area (Å²) in [5, 5.41) is 17.8. The number of rotatable bonds is 3. The molecule has 0 spiro atoms. The Morgan fingerprint density at radius 2 is 2.04 bits per heavy atom. The summed E-state index contributed by atoms with van der Waals surface area (Å²) in [6.07, 6.45) is 7.10. The van der Waals surface area contributed by atoms with E-state index in [9.17, 15) is 0 Å². The predicted molar refractivity (Wildman–Crippen MR) is 93.6 cm³/mol. The average Bonchev–Trinajstić information content (AvgIpc) is 3.07. The van der Waals surface area contributed by atoms with Gasteiger partial charge < -0.3 is 10.1 Å². The molecule has 0 radical (unpaired) electrons. The first-order chi connectivity index (χ1) is 12.2. The molecule has 4 heterocycles. The van der Waals surface area contributed by atoms with E-state index in [0.29, 0.717) is 23.1 Å². The molecule has 0 unspecified atom stereocenters. The van der Waals surface area contributed by atoms with Crippen molar-refractivity contribution < 1.29 is 4.74 Å². The monoisotopic (exact) mass is 334 g/mol. The topological polar surface area (TPSA) is 88.7 Å². The van der Waals surface area contributed by atoms with E-state index in [1.54, 1.807) is 23.1 Å². The Bertz CT molecular complexity index is 952. The molecule has 0 saturated carbocycles. The third-order valence-corrected chi connectivity index (χ3v) is 4.42. The summed E-state index contributed by atoms with van der Waals surface area (Å²) in [7, 11) is 0. The van der Waals surface area contributed by atoms with Crippen LogP contribution in [-0.4, -0.2) is 39.0 Å². The zero-order valence-electron chi connectivity index (χ0n) is 13.9. The number of nitrogens with one attached hydrogen (secondary N) is 1. The number of fused-ring (bicyclic) bond motifs is 1. The van der Waals surface area contributed by atoms with Crippen molar-refractivity contribution in [3.8, 4) is 11.9 Å². The third-order valence-electron chi connectivity index (χ3n) is 4.42. The van der Waals surface area contributed by atoms with Gasteiger partial charge in [0.25, 0.3) is 0 Å². The summed E-state index contributed by atoms with van der Waals surface area (Å²) >= 11 is 0. The summed E-state index contributed by atoms with van der Waals surface area (Å²) in [4.78, 5) is 8.86. The summed E-state index contributed by atoms with van der Waals surface area (Å²) < 4.78 is 7.12. The number of anilines is 1. The van der Waals surface area contributed by atoms with Crippen molar-refractivity contribution in [2.75, 3.05) is 18.5 Å². The number of hydrogen-bond donors (Lipinski definition) is 1. The SMILES string of the molecule is Cc1cnc(-n2ncc3cc(C#N)cnc32)cc1NC1CCOCC1. The molecule has 0 atom stereocenters. The van der Waals surface area contributed by atoms with E-state index in [2.05, 4.69) is 26.5 Å². The first-order valence-corrected chi connectivity index (χ1v) is 8.30. The molecule has 4 rings (SSSR count). The molecule has 1 saturated heterocycles. The van der Waals surface area contributed by atoms with E-state index in [1.165, 1.54) is 0 Å². The normalized spacial score (nSPS) is 15.2. The summed E-state index contributed by atoms with van der Waals surface area (Å²) in [6.45, 7) is 3.63. The maximum Gasteiger partial charge on any atom is 0.164 e. The van der Waals surface area contributed by atoms with E-state index < -0.39 is 0 Å². The van der Waals surface area contributed by atoms with Gasteiger partial charge in [0, 0.05) is 48.8 Å². The lowest BCUT2D eigenvalue weighted by atomic mass is 10.1. The molecule has 1 aliphatic rings. The Balaban J connectivity index is 1.69. The highest BCUT2D eigenvalue weighted by Crippen LogP contribution is 2.23. The average molecular weight is 334 g/mol. The Morgan fingerprint density at radius 3 is 2.84 bits per heavy atom. The van der Waals surface area contributed by atoms with E-state index >= 15 is 0 Å². The second kappa shape index (κ2) is 6.49. The molecule has 1 N–H and O–H groups in total. The first-order valence-electron chi connectivity index (χ1n) is 8.30. The highest BCUT2D eigenvalue weighted by molar-refractivity contribution is 5.77. The second-order valence-electron chi connectivity index (χ2n) is 6.19. The molecule has 0 amide bonds. The van der Waals surface area contributed by atoms with Crippen molar-refractivity contribution in [3.63, 3.8) is 0 Å². The fourth-order valence-electron chi connectivity index (χ4n) is 3.00. The molecule has 126 valence electrons. The number of aromatic nitrogens is 4. The fraction of sp³-hybridized carbons (Fsp3) is 0.333. The lowest BCUT2D eigenvalue weighted by Gasteiger charge is -2.25. The van der Waals surface area contributed by atoms with Crippen LogP contribution in [0, 0.1) is 18.3 Å². The van der Waals surface area contributed by atoms with Crippen LogP contribution in [0.25, 0.3) is 16.9 Å². The first kappa shape index (κ1) is 15.5. The van der Waals surface area contributed by atoms with Crippen LogP contribution in [0.3, 0.4) is 0 Å². The smallest absolute Gasteiger partial charge is 0.164 e. The van der Waals surface area contributed by atoms with Crippen molar-refractivity contribution in [2.45, 2.75) is 25.8 Å². The minimum Gasteiger partial charge on any atom is -0.382 e. The molecule has 0 aliphatic carbocycles. The highest BCUT2D eigenvalue weighted by atomic mass is 16.5. The van der Waals surface area contributed by atoms with E-state index in [0.717, 1.165) is 42.7 Å². The van der Waals surface area contributed by atoms with Gasteiger partial charge in [0.1, 0.15) is 6.07 Å². The Kier molecular flexibility index (Phi) is 4.04. The molecule has 0 bridgehead atoms. The van der Waals surface area contributed by atoms with Gasteiger partial charge in [0.15, 0.2) is 11.5 Å². The Labute approximate surface area is 145 Å². The minimum atomic E-state index is 0.411. The lowest BCUT2D eigenvalue weighted by molar-refractivity contribution is 0.0904. The predicted octanol–water partition coefficient (Wildman–Crippen LogP) is 2.59. The zero-order valence-corrected chi connectivity index (χ0v) is 13.9. The van der Waals surface area contributed by atoms with Gasteiger partial charge in [-0.05, 0) is 31.4 Å². The maximum atomic E-state index is 9.00. The van der Waals surface area contributed by atoms with Gasteiger partial charge in [0.05, 0.1) is 11.8 Å². The number of nitrogens with zero attached hydrogens (tertiary/aromatic N) is 5. The van der Waals surface area contributed by atoms with E-state index in [-0.39, 0.29) is 0 Å². The Morgan fingerprint density at radius 1 is 1.20 bits per heavy atom. The summed E-state index contributed by atoms with van der Waals surface area (Å²) in [5.74, 6) is 0.701. The number of hydrogen-bond acceptors (Lipinski definition) is 6. The number of pyridine rings is 2. The number of nitriles is 1. The quantitative estimate of drug-likeness (QED) is 0.792. The van der Waals surface area contributed by atoms with Crippen LogP contribution < -0.4 is 5.32 Å². The van der Waals surface area contributed by atoms with Gasteiger partial charge in [-0.15, -0.1) is 0 Å².